The van der Waals surface area contributed by atoms with Crippen LogP contribution in [0.3, 0.4) is 0 Å². The Morgan fingerprint density at radius 3 is 2.09 bits per heavy atom. The fourth-order valence-corrected chi connectivity index (χ4v) is 4.94. The predicted molar refractivity (Wildman–Crippen MR) is 137 cm³/mol. The molecule has 5 rings (SSSR count). The van der Waals surface area contributed by atoms with Crippen LogP contribution in [0.15, 0.2) is 115 Å². The monoisotopic (exact) mass is 444 g/mol. The van der Waals surface area contributed by atoms with Gasteiger partial charge in [-0.05, 0) is 49.1 Å². The third-order valence-electron chi connectivity index (χ3n) is 6.61. The molecule has 0 bridgehead atoms. The second-order valence-electron chi connectivity index (χ2n) is 8.89. The van der Waals surface area contributed by atoms with Crippen LogP contribution in [0.1, 0.15) is 52.5 Å². The van der Waals surface area contributed by atoms with Gasteiger partial charge in [-0.15, -0.1) is 0 Å². The van der Waals surface area contributed by atoms with Crippen molar-refractivity contribution >= 4 is 5.91 Å². The Kier molecular flexibility index (Phi) is 6.09. The van der Waals surface area contributed by atoms with E-state index in [0.717, 1.165) is 34.4 Å². The van der Waals surface area contributed by atoms with E-state index in [1.54, 1.807) is 0 Å². The first-order chi connectivity index (χ1) is 16.6. The SMILES string of the molecule is CC1=CC[C@H](c2cnc(-c3ccccc3)c(C)c2)N(C(=O)c2ccccc2)[C@H]1c1ccccc1. The average molecular weight is 445 g/mol. The maximum atomic E-state index is 14.0. The molecular weight excluding hydrogens is 416 g/mol. The molecule has 3 heteroatoms. The molecule has 0 unspecified atom stereocenters. The summed E-state index contributed by atoms with van der Waals surface area (Å²) >= 11 is 0. The molecule has 0 radical (unpaired) electrons. The predicted octanol–water partition coefficient (Wildman–Crippen LogP) is 7.33. The van der Waals surface area contributed by atoms with Crippen molar-refractivity contribution in [2.75, 3.05) is 0 Å². The minimum absolute atomic E-state index is 0.0386. The number of carbonyl (C=O) groups excluding carboxylic acids is 1. The molecule has 34 heavy (non-hydrogen) atoms. The van der Waals surface area contributed by atoms with E-state index < -0.39 is 0 Å². The standard InChI is InChI=1S/C31H28N2O/c1-22-18-19-28(27-20-23(2)29(32-21-27)24-12-6-3-7-13-24)33(30(22)25-14-8-4-9-15-25)31(34)26-16-10-5-11-17-26/h3-18,20-21,28,30H,19H2,1-2H3/t28-,30-/m1/s1. The second-order valence-corrected chi connectivity index (χ2v) is 8.89. The van der Waals surface area contributed by atoms with E-state index in [9.17, 15) is 4.79 Å². The molecule has 168 valence electrons. The number of aromatic nitrogens is 1. The van der Waals surface area contributed by atoms with Crippen LogP contribution in [0.2, 0.25) is 0 Å². The third kappa shape index (κ3) is 4.17. The Bertz CT molecular complexity index is 1310. The van der Waals surface area contributed by atoms with E-state index in [2.05, 4.69) is 55.2 Å². The molecule has 3 aromatic carbocycles. The summed E-state index contributed by atoms with van der Waals surface area (Å²) in [6, 6.07) is 32.1. The molecule has 0 saturated heterocycles. The number of nitrogens with zero attached hydrogens (tertiary/aromatic N) is 2. The van der Waals surface area contributed by atoms with E-state index >= 15 is 0 Å². The normalized spacial score (nSPS) is 17.8. The van der Waals surface area contributed by atoms with Crippen molar-refractivity contribution < 1.29 is 4.79 Å². The van der Waals surface area contributed by atoms with Crippen molar-refractivity contribution in [2.45, 2.75) is 32.4 Å². The lowest BCUT2D eigenvalue weighted by Crippen LogP contribution is -2.40. The highest BCUT2D eigenvalue weighted by Crippen LogP contribution is 2.43. The highest BCUT2D eigenvalue weighted by atomic mass is 16.2. The van der Waals surface area contributed by atoms with Crippen LogP contribution in [0.4, 0.5) is 0 Å². The van der Waals surface area contributed by atoms with Crippen LogP contribution < -0.4 is 0 Å². The van der Waals surface area contributed by atoms with Gasteiger partial charge in [0.1, 0.15) is 0 Å². The first-order valence-electron chi connectivity index (χ1n) is 11.7. The molecule has 0 spiro atoms. The number of amides is 1. The number of rotatable bonds is 4. The molecule has 0 aliphatic carbocycles. The smallest absolute Gasteiger partial charge is 0.255 e. The summed E-state index contributed by atoms with van der Waals surface area (Å²) in [6.45, 7) is 4.22. The summed E-state index contributed by atoms with van der Waals surface area (Å²) in [5.41, 5.74) is 7.27. The maximum absolute atomic E-state index is 14.0. The lowest BCUT2D eigenvalue weighted by atomic mass is 9.87. The van der Waals surface area contributed by atoms with Crippen LogP contribution in [0.25, 0.3) is 11.3 Å². The second kappa shape index (κ2) is 9.48. The minimum Gasteiger partial charge on any atom is -0.320 e. The summed E-state index contributed by atoms with van der Waals surface area (Å²) in [5.74, 6) is 0.0386. The van der Waals surface area contributed by atoms with Gasteiger partial charge >= 0.3 is 0 Å². The summed E-state index contributed by atoms with van der Waals surface area (Å²) in [6.07, 6.45) is 4.99. The molecule has 2 heterocycles. The largest absolute Gasteiger partial charge is 0.320 e. The maximum Gasteiger partial charge on any atom is 0.255 e. The molecule has 0 fully saturated rings. The molecule has 1 aliphatic heterocycles. The van der Waals surface area contributed by atoms with Gasteiger partial charge < -0.3 is 4.90 Å². The summed E-state index contributed by atoms with van der Waals surface area (Å²) < 4.78 is 0. The van der Waals surface area contributed by atoms with Gasteiger partial charge in [0.25, 0.3) is 5.91 Å². The van der Waals surface area contributed by atoms with Crippen LogP contribution in [0.5, 0.6) is 0 Å². The topological polar surface area (TPSA) is 33.2 Å². The van der Waals surface area contributed by atoms with Gasteiger partial charge in [-0.25, -0.2) is 0 Å². The quantitative estimate of drug-likeness (QED) is 0.309. The van der Waals surface area contributed by atoms with Gasteiger partial charge in [-0.2, -0.15) is 0 Å². The van der Waals surface area contributed by atoms with Gasteiger partial charge in [-0.3, -0.25) is 9.78 Å². The van der Waals surface area contributed by atoms with Crippen molar-refractivity contribution in [1.82, 2.24) is 9.88 Å². The number of hydrogen-bond acceptors (Lipinski definition) is 2. The Hall–Kier alpha value is -3.98. The fraction of sp³-hybridized carbons (Fsp3) is 0.161. The van der Waals surface area contributed by atoms with Gasteiger partial charge in [0.15, 0.2) is 0 Å². The van der Waals surface area contributed by atoms with Gasteiger partial charge in [-0.1, -0.05) is 96.6 Å². The van der Waals surface area contributed by atoms with Crippen LogP contribution in [-0.4, -0.2) is 15.8 Å². The van der Waals surface area contributed by atoms with E-state index in [1.165, 1.54) is 5.57 Å². The van der Waals surface area contributed by atoms with Crippen molar-refractivity contribution in [3.05, 3.63) is 137 Å². The Labute approximate surface area is 201 Å². The molecule has 1 aromatic heterocycles. The zero-order valence-corrected chi connectivity index (χ0v) is 19.6. The molecule has 1 aliphatic rings. The lowest BCUT2D eigenvalue weighted by molar-refractivity contribution is 0.0582. The summed E-state index contributed by atoms with van der Waals surface area (Å²) in [5, 5.41) is 0. The molecule has 1 amide bonds. The first-order valence-corrected chi connectivity index (χ1v) is 11.7. The highest BCUT2D eigenvalue weighted by Gasteiger charge is 2.37. The number of carbonyl (C=O) groups is 1. The van der Waals surface area contributed by atoms with Crippen molar-refractivity contribution in [2.24, 2.45) is 0 Å². The molecule has 4 aromatic rings. The van der Waals surface area contributed by atoms with Crippen LogP contribution in [0, 0.1) is 6.92 Å². The number of aryl methyl sites for hydroxylation is 1. The van der Waals surface area contributed by atoms with Gasteiger partial charge in [0.2, 0.25) is 0 Å². The molecule has 3 nitrogen and oxygen atoms in total. The van der Waals surface area contributed by atoms with Crippen LogP contribution >= 0.6 is 0 Å². The first kappa shape index (κ1) is 21.8. The zero-order chi connectivity index (χ0) is 23.5. The Morgan fingerprint density at radius 1 is 0.824 bits per heavy atom. The van der Waals surface area contributed by atoms with E-state index in [0.29, 0.717) is 5.56 Å². The Morgan fingerprint density at radius 2 is 1.44 bits per heavy atom. The third-order valence-corrected chi connectivity index (χ3v) is 6.61. The zero-order valence-electron chi connectivity index (χ0n) is 19.6. The lowest BCUT2D eigenvalue weighted by Gasteiger charge is -2.42. The van der Waals surface area contributed by atoms with Gasteiger partial charge in [0, 0.05) is 17.3 Å². The fourth-order valence-electron chi connectivity index (χ4n) is 4.94. The average Bonchev–Trinajstić information content (AvgIpc) is 2.89. The molecular formula is C31H28N2O. The number of pyridine rings is 1. The summed E-state index contributed by atoms with van der Waals surface area (Å²) in [4.78, 5) is 20.9. The van der Waals surface area contributed by atoms with E-state index in [-0.39, 0.29) is 18.0 Å². The van der Waals surface area contributed by atoms with E-state index in [1.807, 2.05) is 72.9 Å². The molecule has 0 N–H and O–H groups in total. The number of benzene rings is 3. The van der Waals surface area contributed by atoms with Gasteiger partial charge in [0.05, 0.1) is 17.8 Å². The summed E-state index contributed by atoms with van der Waals surface area (Å²) in [7, 11) is 0. The van der Waals surface area contributed by atoms with Crippen molar-refractivity contribution in [3.63, 3.8) is 0 Å². The minimum atomic E-state index is -0.123. The van der Waals surface area contributed by atoms with Crippen molar-refractivity contribution in [3.8, 4) is 11.3 Å². The van der Waals surface area contributed by atoms with E-state index in [4.69, 9.17) is 4.98 Å². The molecule has 0 saturated carbocycles. The Balaban J connectivity index is 1.60. The molecule has 2 atom stereocenters. The van der Waals surface area contributed by atoms with Crippen molar-refractivity contribution in [1.29, 1.82) is 0 Å². The van der Waals surface area contributed by atoms with Crippen LogP contribution in [-0.2, 0) is 0 Å². The highest BCUT2D eigenvalue weighted by molar-refractivity contribution is 5.95. The number of hydrogen-bond donors (Lipinski definition) is 0.